The van der Waals surface area contributed by atoms with Crippen molar-refractivity contribution in [3.8, 4) is 0 Å². The average Bonchev–Trinajstić information content (AvgIpc) is 2.71. The summed E-state index contributed by atoms with van der Waals surface area (Å²) in [6.07, 6.45) is -0.453. The lowest BCUT2D eigenvalue weighted by Crippen LogP contribution is -2.37. The lowest BCUT2D eigenvalue weighted by atomic mass is 10.1. The van der Waals surface area contributed by atoms with Gasteiger partial charge in [0.15, 0.2) is 0 Å². The van der Waals surface area contributed by atoms with E-state index in [2.05, 4.69) is 10.6 Å². The molecule has 2 rings (SSSR count). The Morgan fingerprint density at radius 1 is 1.15 bits per heavy atom. The monoisotopic (exact) mass is 178 g/mol. The van der Waals surface area contributed by atoms with Crippen LogP contribution in [0.1, 0.15) is 11.7 Å². The second-order valence-electron chi connectivity index (χ2n) is 3.24. The molecule has 1 aromatic rings. The normalized spacial score (nSPS) is 20.4. The van der Waals surface area contributed by atoms with Crippen LogP contribution in [-0.4, -0.2) is 24.4 Å². The summed E-state index contributed by atoms with van der Waals surface area (Å²) in [4.78, 5) is 0. The highest BCUT2D eigenvalue weighted by Crippen LogP contribution is 2.15. The van der Waals surface area contributed by atoms with Crippen LogP contribution in [0.15, 0.2) is 30.3 Å². The topological polar surface area (TPSA) is 44.3 Å². The Kier molecular flexibility index (Phi) is 2.59. The van der Waals surface area contributed by atoms with Gasteiger partial charge in [0, 0.05) is 13.1 Å². The maximum absolute atomic E-state index is 9.90. The first-order valence-corrected chi connectivity index (χ1v) is 4.58. The van der Waals surface area contributed by atoms with Crippen LogP contribution in [0, 0.1) is 0 Å². The van der Waals surface area contributed by atoms with Crippen molar-refractivity contribution in [2.45, 2.75) is 12.3 Å². The van der Waals surface area contributed by atoms with Crippen molar-refractivity contribution in [1.82, 2.24) is 10.6 Å². The highest BCUT2D eigenvalue weighted by atomic mass is 16.3. The molecule has 1 heterocycles. The second kappa shape index (κ2) is 3.87. The summed E-state index contributed by atoms with van der Waals surface area (Å²) in [6.45, 7) is 1.85. The number of aliphatic hydroxyl groups is 1. The molecule has 70 valence electrons. The minimum Gasteiger partial charge on any atom is -0.385 e. The lowest BCUT2D eigenvalue weighted by molar-refractivity contribution is 0.128. The summed E-state index contributed by atoms with van der Waals surface area (Å²) in [5, 5.41) is 16.3. The number of aliphatic hydroxyl groups excluding tert-OH is 1. The van der Waals surface area contributed by atoms with E-state index in [1.807, 2.05) is 30.3 Å². The van der Waals surface area contributed by atoms with Crippen molar-refractivity contribution in [2.75, 3.05) is 13.1 Å². The largest absolute Gasteiger partial charge is 0.385 e. The van der Waals surface area contributed by atoms with Crippen LogP contribution in [0.5, 0.6) is 0 Å². The van der Waals surface area contributed by atoms with Crippen molar-refractivity contribution >= 4 is 0 Å². The Labute approximate surface area is 77.8 Å². The second-order valence-corrected chi connectivity index (χ2v) is 3.24. The summed E-state index contributed by atoms with van der Waals surface area (Å²) in [5.74, 6) is 0. The Bertz CT molecular complexity index is 257. The van der Waals surface area contributed by atoms with Crippen LogP contribution in [-0.2, 0) is 0 Å². The summed E-state index contributed by atoms with van der Waals surface area (Å²) in [7, 11) is 0. The molecule has 0 saturated carbocycles. The van der Waals surface area contributed by atoms with Crippen LogP contribution in [0.25, 0.3) is 0 Å². The molecule has 0 amide bonds. The molecule has 13 heavy (non-hydrogen) atoms. The van der Waals surface area contributed by atoms with Crippen LogP contribution >= 0.6 is 0 Å². The zero-order chi connectivity index (χ0) is 9.10. The first-order valence-electron chi connectivity index (χ1n) is 4.58. The molecule has 3 N–H and O–H groups in total. The molecule has 3 heteroatoms. The molecule has 1 aliphatic heterocycles. The molecular weight excluding hydrogens is 164 g/mol. The van der Waals surface area contributed by atoms with Gasteiger partial charge in [0.1, 0.15) is 6.10 Å². The molecule has 0 spiro atoms. The molecule has 1 aromatic carbocycles. The van der Waals surface area contributed by atoms with Gasteiger partial charge in [-0.1, -0.05) is 30.3 Å². The van der Waals surface area contributed by atoms with Crippen LogP contribution < -0.4 is 10.6 Å². The molecular formula is C10H14N2O. The van der Waals surface area contributed by atoms with E-state index in [1.54, 1.807) is 0 Å². The summed E-state index contributed by atoms with van der Waals surface area (Å²) in [5.41, 5.74) is 0.953. The van der Waals surface area contributed by atoms with Gasteiger partial charge in [0.25, 0.3) is 0 Å². The van der Waals surface area contributed by atoms with Crippen molar-refractivity contribution < 1.29 is 5.11 Å². The third kappa shape index (κ3) is 1.88. The average molecular weight is 178 g/mol. The molecule has 3 nitrogen and oxygen atoms in total. The molecule has 1 saturated heterocycles. The standard InChI is InChI=1S/C10H14N2O/c13-9(10-11-6-7-12-10)8-4-2-1-3-5-8/h1-5,9-13H,6-7H2. The van der Waals surface area contributed by atoms with Crippen LogP contribution in [0.2, 0.25) is 0 Å². The van der Waals surface area contributed by atoms with Crippen LogP contribution in [0.4, 0.5) is 0 Å². The van der Waals surface area contributed by atoms with Gasteiger partial charge in [-0.05, 0) is 5.56 Å². The predicted molar refractivity (Wildman–Crippen MR) is 51.2 cm³/mol. The van der Waals surface area contributed by atoms with Gasteiger partial charge in [-0.3, -0.25) is 10.6 Å². The predicted octanol–water partition coefficient (Wildman–Crippen LogP) is 0.239. The van der Waals surface area contributed by atoms with Crippen LogP contribution in [0.3, 0.4) is 0 Å². The Morgan fingerprint density at radius 3 is 2.38 bits per heavy atom. The Morgan fingerprint density at radius 2 is 1.77 bits per heavy atom. The summed E-state index contributed by atoms with van der Waals surface area (Å²) in [6, 6.07) is 9.70. The van der Waals surface area contributed by atoms with E-state index < -0.39 is 6.10 Å². The van der Waals surface area contributed by atoms with E-state index in [-0.39, 0.29) is 6.17 Å². The molecule has 1 fully saturated rings. The fourth-order valence-corrected chi connectivity index (χ4v) is 1.59. The maximum atomic E-state index is 9.90. The number of rotatable bonds is 2. The van der Waals surface area contributed by atoms with Crippen molar-refractivity contribution in [3.05, 3.63) is 35.9 Å². The van der Waals surface area contributed by atoms with Gasteiger partial charge >= 0.3 is 0 Å². The summed E-state index contributed by atoms with van der Waals surface area (Å²) < 4.78 is 0. The van der Waals surface area contributed by atoms with Gasteiger partial charge in [-0.25, -0.2) is 0 Å². The highest BCUT2D eigenvalue weighted by Gasteiger charge is 2.22. The van der Waals surface area contributed by atoms with E-state index in [9.17, 15) is 5.11 Å². The van der Waals surface area contributed by atoms with E-state index >= 15 is 0 Å². The Balaban J connectivity index is 2.08. The number of benzene rings is 1. The van der Waals surface area contributed by atoms with E-state index in [0.29, 0.717) is 0 Å². The van der Waals surface area contributed by atoms with Crippen molar-refractivity contribution in [3.63, 3.8) is 0 Å². The van der Waals surface area contributed by atoms with Gasteiger partial charge in [-0.15, -0.1) is 0 Å². The number of hydrogen-bond donors (Lipinski definition) is 3. The first kappa shape index (κ1) is 8.69. The molecule has 0 aromatic heterocycles. The molecule has 0 bridgehead atoms. The smallest absolute Gasteiger partial charge is 0.107 e. The van der Waals surface area contributed by atoms with Gasteiger partial charge < -0.3 is 5.11 Å². The minimum absolute atomic E-state index is 0.00222. The zero-order valence-electron chi connectivity index (χ0n) is 7.40. The zero-order valence-corrected chi connectivity index (χ0v) is 7.40. The summed E-state index contributed by atoms with van der Waals surface area (Å²) >= 11 is 0. The molecule has 1 atom stereocenters. The van der Waals surface area contributed by atoms with E-state index in [4.69, 9.17) is 0 Å². The lowest BCUT2D eigenvalue weighted by Gasteiger charge is -2.18. The third-order valence-electron chi connectivity index (χ3n) is 2.31. The highest BCUT2D eigenvalue weighted by molar-refractivity contribution is 5.18. The van der Waals surface area contributed by atoms with E-state index in [0.717, 1.165) is 18.7 Å². The number of nitrogens with one attached hydrogen (secondary N) is 2. The molecule has 0 radical (unpaired) electrons. The minimum atomic E-state index is -0.455. The fraction of sp³-hybridized carbons (Fsp3) is 0.400. The van der Waals surface area contributed by atoms with E-state index in [1.165, 1.54) is 0 Å². The van der Waals surface area contributed by atoms with Gasteiger partial charge in [0.05, 0.1) is 6.17 Å². The fourth-order valence-electron chi connectivity index (χ4n) is 1.59. The first-order chi connectivity index (χ1) is 6.38. The quantitative estimate of drug-likeness (QED) is 0.608. The Hall–Kier alpha value is -0.900. The molecule has 0 aliphatic carbocycles. The molecule has 1 aliphatic rings. The van der Waals surface area contributed by atoms with Gasteiger partial charge in [0.2, 0.25) is 0 Å². The maximum Gasteiger partial charge on any atom is 0.107 e. The third-order valence-corrected chi connectivity index (χ3v) is 2.31. The van der Waals surface area contributed by atoms with Gasteiger partial charge in [-0.2, -0.15) is 0 Å². The van der Waals surface area contributed by atoms with Crippen molar-refractivity contribution in [2.24, 2.45) is 0 Å². The SMILES string of the molecule is OC(c1ccccc1)C1NCCN1. The molecule has 1 unspecified atom stereocenters. The van der Waals surface area contributed by atoms with Crippen molar-refractivity contribution in [1.29, 1.82) is 0 Å². The number of hydrogen-bond acceptors (Lipinski definition) is 3.